The SMILES string of the molecule is COc1ccccc1/C=C\c1nn2c(-c3cc(OC)c(OC)c(OC)c3)nnc2s1. The van der Waals surface area contributed by atoms with Crippen molar-refractivity contribution in [3.05, 3.63) is 47.0 Å². The van der Waals surface area contributed by atoms with E-state index in [1.807, 2.05) is 48.6 Å². The quantitative estimate of drug-likeness (QED) is 0.443. The fraction of sp³-hybridized carbons (Fsp3) is 0.190. The molecule has 8 nitrogen and oxygen atoms in total. The molecular formula is C21H20N4O4S. The van der Waals surface area contributed by atoms with Crippen molar-refractivity contribution < 1.29 is 18.9 Å². The summed E-state index contributed by atoms with van der Waals surface area (Å²) >= 11 is 1.44. The number of ether oxygens (including phenoxy) is 4. The van der Waals surface area contributed by atoms with Crippen LogP contribution < -0.4 is 18.9 Å². The van der Waals surface area contributed by atoms with Crippen molar-refractivity contribution in [3.63, 3.8) is 0 Å². The van der Waals surface area contributed by atoms with Crippen LogP contribution in [-0.4, -0.2) is 48.3 Å². The third-order valence-electron chi connectivity index (χ3n) is 4.47. The highest BCUT2D eigenvalue weighted by Crippen LogP contribution is 2.41. The van der Waals surface area contributed by atoms with Gasteiger partial charge in [-0.2, -0.15) is 9.61 Å². The van der Waals surface area contributed by atoms with Gasteiger partial charge in [0.2, 0.25) is 10.7 Å². The van der Waals surface area contributed by atoms with E-state index in [1.54, 1.807) is 33.0 Å². The number of aromatic nitrogens is 4. The molecule has 0 bridgehead atoms. The van der Waals surface area contributed by atoms with Crippen LogP contribution in [0.25, 0.3) is 28.5 Å². The monoisotopic (exact) mass is 424 g/mol. The Kier molecular flexibility index (Phi) is 5.53. The van der Waals surface area contributed by atoms with Crippen molar-refractivity contribution in [3.8, 4) is 34.4 Å². The van der Waals surface area contributed by atoms with Gasteiger partial charge in [-0.15, -0.1) is 10.2 Å². The second-order valence-electron chi connectivity index (χ2n) is 6.15. The number of methoxy groups -OCH3 is 4. The number of hydrogen-bond acceptors (Lipinski definition) is 8. The van der Waals surface area contributed by atoms with Gasteiger partial charge in [0, 0.05) is 11.1 Å². The molecule has 0 unspecified atom stereocenters. The van der Waals surface area contributed by atoms with Crippen LogP contribution in [0.2, 0.25) is 0 Å². The lowest BCUT2D eigenvalue weighted by molar-refractivity contribution is 0.324. The predicted octanol–water partition coefficient (Wildman–Crippen LogP) is 4.06. The molecule has 0 atom stereocenters. The van der Waals surface area contributed by atoms with Gasteiger partial charge < -0.3 is 18.9 Å². The van der Waals surface area contributed by atoms with E-state index in [-0.39, 0.29) is 0 Å². The number of rotatable bonds is 7. The van der Waals surface area contributed by atoms with Gasteiger partial charge in [-0.05, 0) is 30.4 Å². The standard InChI is InChI=1S/C21H20N4O4S/c1-26-15-8-6-5-7-13(15)9-10-18-24-25-20(22-23-21(25)30-18)14-11-16(27-2)19(29-4)17(12-14)28-3/h5-12H,1-4H3/b10-9-. The minimum atomic E-state index is 0.517. The van der Waals surface area contributed by atoms with Gasteiger partial charge in [0.05, 0.1) is 28.4 Å². The van der Waals surface area contributed by atoms with Crippen molar-refractivity contribution in [2.75, 3.05) is 28.4 Å². The molecule has 0 aliphatic rings. The van der Waals surface area contributed by atoms with Crippen LogP contribution in [-0.2, 0) is 0 Å². The van der Waals surface area contributed by atoms with Crippen LogP contribution in [0.1, 0.15) is 10.6 Å². The first-order valence-electron chi connectivity index (χ1n) is 9.02. The molecule has 0 spiro atoms. The Bertz CT molecular complexity index is 1190. The molecule has 2 heterocycles. The summed E-state index contributed by atoms with van der Waals surface area (Å²) in [4.78, 5) is 0.679. The van der Waals surface area contributed by atoms with Gasteiger partial charge in [0.1, 0.15) is 10.8 Å². The molecule has 0 amide bonds. The summed E-state index contributed by atoms with van der Waals surface area (Å²) in [6.07, 6.45) is 3.89. The Labute approximate surface area is 177 Å². The van der Waals surface area contributed by atoms with Crippen LogP contribution in [0.15, 0.2) is 36.4 Å². The van der Waals surface area contributed by atoms with Crippen LogP contribution in [0.3, 0.4) is 0 Å². The molecule has 0 aliphatic heterocycles. The number of benzene rings is 2. The molecule has 2 aromatic heterocycles. The Morgan fingerprint density at radius 2 is 1.53 bits per heavy atom. The zero-order valence-corrected chi connectivity index (χ0v) is 17.8. The molecule has 0 saturated heterocycles. The molecule has 0 fully saturated rings. The third-order valence-corrected chi connectivity index (χ3v) is 5.34. The van der Waals surface area contributed by atoms with Gasteiger partial charge in [-0.1, -0.05) is 29.5 Å². The van der Waals surface area contributed by atoms with Gasteiger partial charge >= 0.3 is 0 Å². The average Bonchev–Trinajstić information content (AvgIpc) is 3.37. The summed E-state index contributed by atoms with van der Waals surface area (Å²) in [6, 6.07) is 11.4. The Hall–Kier alpha value is -3.59. The fourth-order valence-electron chi connectivity index (χ4n) is 3.05. The van der Waals surface area contributed by atoms with E-state index >= 15 is 0 Å². The molecule has 154 valence electrons. The van der Waals surface area contributed by atoms with E-state index in [2.05, 4.69) is 15.3 Å². The second-order valence-corrected chi connectivity index (χ2v) is 7.14. The molecule has 0 saturated carbocycles. The fourth-order valence-corrected chi connectivity index (χ4v) is 3.80. The molecule has 30 heavy (non-hydrogen) atoms. The minimum Gasteiger partial charge on any atom is -0.496 e. The van der Waals surface area contributed by atoms with Crippen molar-refractivity contribution >= 4 is 28.4 Å². The summed E-state index contributed by atoms with van der Waals surface area (Å²) in [5, 5.41) is 14.0. The lowest BCUT2D eigenvalue weighted by Gasteiger charge is -2.13. The zero-order valence-electron chi connectivity index (χ0n) is 16.9. The Morgan fingerprint density at radius 3 is 2.20 bits per heavy atom. The largest absolute Gasteiger partial charge is 0.496 e. The average molecular weight is 424 g/mol. The highest BCUT2D eigenvalue weighted by atomic mass is 32.1. The minimum absolute atomic E-state index is 0.517. The summed E-state index contributed by atoms with van der Waals surface area (Å²) in [5.74, 6) is 2.97. The molecule has 0 aliphatic carbocycles. The molecule has 0 N–H and O–H groups in total. The van der Waals surface area contributed by atoms with Crippen LogP contribution in [0, 0.1) is 0 Å². The van der Waals surface area contributed by atoms with Crippen molar-refractivity contribution in [1.82, 2.24) is 19.8 Å². The van der Waals surface area contributed by atoms with Gasteiger partial charge in [0.15, 0.2) is 17.3 Å². The molecule has 9 heteroatoms. The van der Waals surface area contributed by atoms with E-state index < -0.39 is 0 Å². The summed E-state index contributed by atoms with van der Waals surface area (Å²) in [5.41, 5.74) is 1.72. The van der Waals surface area contributed by atoms with Crippen LogP contribution >= 0.6 is 11.3 Å². The first-order valence-corrected chi connectivity index (χ1v) is 9.84. The normalized spacial score (nSPS) is 11.2. The maximum absolute atomic E-state index is 5.44. The van der Waals surface area contributed by atoms with E-state index in [1.165, 1.54) is 11.3 Å². The summed E-state index contributed by atoms with van der Waals surface area (Å²) in [6.45, 7) is 0. The van der Waals surface area contributed by atoms with Crippen LogP contribution in [0.4, 0.5) is 0 Å². The third kappa shape index (κ3) is 3.55. The Morgan fingerprint density at radius 1 is 0.833 bits per heavy atom. The molecule has 2 aromatic carbocycles. The number of para-hydroxylation sites is 1. The van der Waals surface area contributed by atoms with Gasteiger partial charge in [-0.25, -0.2) is 0 Å². The van der Waals surface area contributed by atoms with Gasteiger partial charge in [0.25, 0.3) is 0 Å². The molecule has 4 aromatic rings. The molecular weight excluding hydrogens is 404 g/mol. The zero-order chi connectivity index (χ0) is 21.1. The first kappa shape index (κ1) is 19.7. The predicted molar refractivity (Wildman–Crippen MR) is 116 cm³/mol. The highest BCUT2D eigenvalue weighted by Gasteiger charge is 2.19. The smallest absolute Gasteiger partial charge is 0.235 e. The number of hydrogen-bond donors (Lipinski definition) is 0. The summed E-state index contributed by atoms with van der Waals surface area (Å²) in [7, 11) is 6.36. The van der Waals surface area contributed by atoms with E-state index in [0.717, 1.165) is 21.9 Å². The number of fused-ring (bicyclic) bond motifs is 1. The lowest BCUT2D eigenvalue weighted by Crippen LogP contribution is -1.97. The maximum atomic E-state index is 5.44. The van der Waals surface area contributed by atoms with Gasteiger partial charge in [-0.3, -0.25) is 0 Å². The van der Waals surface area contributed by atoms with E-state index in [4.69, 9.17) is 18.9 Å². The van der Waals surface area contributed by atoms with Crippen LogP contribution in [0.5, 0.6) is 23.0 Å². The van der Waals surface area contributed by atoms with Crippen molar-refractivity contribution in [2.45, 2.75) is 0 Å². The second kappa shape index (κ2) is 8.42. The Balaban J connectivity index is 1.73. The summed E-state index contributed by atoms with van der Waals surface area (Å²) < 4.78 is 23.4. The molecule has 0 radical (unpaired) electrons. The van der Waals surface area contributed by atoms with E-state index in [0.29, 0.717) is 28.0 Å². The first-order chi connectivity index (χ1) is 14.7. The number of nitrogens with zero attached hydrogens (tertiary/aromatic N) is 4. The van der Waals surface area contributed by atoms with Crippen molar-refractivity contribution in [2.24, 2.45) is 0 Å². The topological polar surface area (TPSA) is 80.0 Å². The molecule has 4 rings (SSSR count). The maximum Gasteiger partial charge on any atom is 0.235 e. The lowest BCUT2D eigenvalue weighted by atomic mass is 10.1. The van der Waals surface area contributed by atoms with E-state index in [9.17, 15) is 0 Å². The van der Waals surface area contributed by atoms with Crippen molar-refractivity contribution in [1.29, 1.82) is 0 Å². The highest BCUT2D eigenvalue weighted by molar-refractivity contribution is 7.17.